The molecule has 1 heterocycles. The first kappa shape index (κ1) is 12.6. The number of aromatic nitrogens is 2. The highest BCUT2D eigenvalue weighted by Gasteiger charge is 2.11. The molecule has 1 aromatic heterocycles. The molecule has 0 saturated carbocycles. The van der Waals surface area contributed by atoms with Crippen LogP contribution in [0, 0.1) is 6.92 Å². The van der Waals surface area contributed by atoms with Crippen LogP contribution in [0.5, 0.6) is 5.75 Å². The first-order valence-corrected chi connectivity index (χ1v) is 5.97. The summed E-state index contributed by atoms with van der Waals surface area (Å²) in [6.07, 6.45) is 1.85. The Morgan fingerprint density at radius 3 is 2.78 bits per heavy atom. The van der Waals surface area contributed by atoms with Gasteiger partial charge in [0.15, 0.2) is 0 Å². The Bertz CT molecular complexity index is 546. The number of hydrogen-bond donors (Lipinski definition) is 1. The van der Waals surface area contributed by atoms with Gasteiger partial charge in [-0.2, -0.15) is 0 Å². The van der Waals surface area contributed by atoms with Crippen molar-refractivity contribution in [1.29, 1.82) is 0 Å². The largest absolute Gasteiger partial charge is 0.496 e. The molecule has 1 aromatic carbocycles. The third-order valence-corrected chi connectivity index (χ3v) is 3.07. The van der Waals surface area contributed by atoms with Crippen molar-refractivity contribution in [3.8, 4) is 17.0 Å². The molecule has 0 bridgehead atoms. The van der Waals surface area contributed by atoms with E-state index in [1.54, 1.807) is 7.11 Å². The van der Waals surface area contributed by atoms with E-state index in [-0.39, 0.29) is 0 Å². The molecular formula is C14H19N3O. The first-order chi connectivity index (χ1) is 8.67. The quantitative estimate of drug-likeness (QED) is 0.896. The summed E-state index contributed by atoms with van der Waals surface area (Å²) in [7, 11) is 5.64. The normalized spacial score (nSPS) is 10.7. The van der Waals surface area contributed by atoms with Crippen LogP contribution in [0.3, 0.4) is 0 Å². The van der Waals surface area contributed by atoms with E-state index in [1.165, 1.54) is 5.69 Å². The van der Waals surface area contributed by atoms with Crippen molar-refractivity contribution in [2.45, 2.75) is 13.5 Å². The Labute approximate surface area is 108 Å². The number of hydrogen-bond acceptors (Lipinski definition) is 3. The third-order valence-electron chi connectivity index (χ3n) is 3.07. The smallest absolute Gasteiger partial charge is 0.121 e. The van der Waals surface area contributed by atoms with Crippen LogP contribution in [0.15, 0.2) is 24.5 Å². The zero-order valence-corrected chi connectivity index (χ0v) is 11.3. The summed E-state index contributed by atoms with van der Waals surface area (Å²) in [6, 6.07) is 6.15. The number of rotatable bonds is 4. The van der Waals surface area contributed by atoms with Crippen LogP contribution in [-0.4, -0.2) is 23.7 Å². The predicted molar refractivity (Wildman–Crippen MR) is 72.7 cm³/mol. The van der Waals surface area contributed by atoms with Gasteiger partial charge in [-0.3, -0.25) is 0 Å². The summed E-state index contributed by atoms with van der Waals surface area (Å²) in [5, 5.41) is 3.17. The van der Waals surface area contributed by atoms with Gasteiger partial charge in [0.25, 0.3) is 0 Å². The molecule has 4 nitrogen and oxygen atoms in total. The van der Waals surface area contributed by atoms with Gasteiger partial charge >= 0.3 is 0 Å². The van der Waals surface area contributed by atoms with Gasteiger partial charge in [-0.25, -0.2) is 4.98 Å². The molecule has 0 aliphatic rings. The molecule has 0 saturated heterocycles. The molecule has 96 valence electrons. The van der Waals surface area contributed by atoms with E-state index >= 15 is 0 Å². The van der Waals surface area contributed by atoms with Gasteiger partial charge in [-0.1, -0.05) is 0 Å². The molecule has 4 heteroatoms. The van der Waals surface area contributed by atoms with E-state index in [9.17, 15) is 0 Å². The van der Waals surface area contributed by atoms with Gasteiger partial charge in [0.2, 0.25) is 0 Å². The molecule has 0 fully saturated rings. The Morgan fingerprint density at radius 1 is 1.39 bits per heavy atom. The van der Waals surface area contributed by atoms with E-state index < -0.39 is 0 Å². The van der Waals surface area contributed by atoms with Gasteiger partial charge in [0.1, 0.15) is 5.75 Å². The minimum atomic E-state index is 0.802. The third kappa shape index (κ3) is 2.24. The molecule has 0 amide bonds. The SMILES string of the molecule is CNCc1c(-c2ccc(OC)c(C)c2)ncn1C. The molecule has 0 radical (unpaired) electrons. The maximum atomic E-state index is 5.28. The highest BCUT2D eigenvalue weighted by molar-refractivity contribution is 5.64. The van der Waals surface area contributed by atoms with Gasteiger partial charge in [0.05, 0.1) is 24.8 Å². The second-order valence-electron chi connectivity index (χ2n) is 4.37. The fraction of sp³-hybridized carbons (Fsp3) is 0.357. The Morgan fingerprint density at radius 2 is 2.17 bits per heavy atom. The number of nitrogens with one attached hydrogen (secondary N) is 1. The number of ether oxygens (including phenoxy) is 1. The Hall–Kier alpha value is -1.81. The van der Waals surface area contributed by atoms with E-state index in [0.29, 0.717) is 0 Å². The topological polar surface area (TPSA) is 39.1 Å². The predicted octanol–water partition coefficient (Wildman–Crippen LogP) is 2.12. The Balaban J connectivity index is 2.45. The maximum absolute atomic E-state index is 5.28. The molecule has 0 aliphatic heterocycles. The molecule has 1 N–H and O–H groups in total. The summed E-state index contributed by atoms with van der Waals surface area (Å²) in [5.41, 5.74) is 4.45. The van der Waals surface area contributed by atoms with E-state index in [1.807, 2.05) is 44.0 Å². The van der Waals surface area contributed by atoms with Crippen LogP contribution in [0.1, 0.15) is 11.3 Å². The van der Waals surface area contributed by atoms with Crippen molar-refractivity contribution >= 4 is 0 Å². The fourth-order valence-corrected chi connectivity index (χ4v) is 2.10. The zero-order chi connectivity index (χ0) is 13.1. The number of imidazole rings is 1. The Kier molecular flexibility index (Phi) is 3.67. The summed E-state index contributed by atoms with van der Waals surface area (Å²) in [4.78, 5) is 4.48. The van der Waals surface area contributed by atoms with Crippen LogP contribution in [0.4, 0.5) is 0 Å². The first-order valence-electron chi connectivity index (χ1n) is 5.97. The number of nitrogens with zero attached hydrogens (tertiary/aromatic N) is 2. The second-order valence-corrected chi connectivity index (χ2v) is 4.37. The highest BCUT2D eigenvalue weighted by Crippen LogP contribution is 2.27. The highest BCUT2D eigenvalue weighted by atomic mass is 16.5. The van der Waals surface area contributed by atoms with Crippen LogP contribution in [0.2, 0.25) is 0 Å². The standard InChI is InChI=1S/C14H19N3O/c1-10-7-11(5-6-13(10)18-4)14-12(8-15-2)17(3)9-16-14/h5-7,9,15H,8H2,1-4H3. The van der Waals surface area contributed by atoms with Gasteiger partial charge in [0, 0.05) is 19.2 Å². The molecule has 18 heavy (non-hydrogen) atoms. The molecule has 0 atom stereocenters. The van der Waals surface area contributed by atoms with Crippen molar-refractivity contribution in [3.63, 3.8) is 0 Å². The van der Waals surface area contributed by atoms with Crippen LogP contribution < -0.4 is 10.1 Å². The lowest BCUT2D eigenvalue weighted by Crippen LogP contribution is -2.09. The minimum Gasteiger partial charge on any atom is -0.496 e. The fourth-order valence-electron chi connectivity index (χ4n) is 2.10. The van der Waals surface area contributed by atoms with Gasteiger partial charge in [-0.15, -0.1) is 0 Å². The second kappa shape index (κ2) is 5.23. The summed E-state index contributed by atoms with van der Waals surface area (Å²) in [5.74, 6) is 0.907. The number of methoxy groups -OCH3 is 1. The molecule has 0 aliphatic carbocycles. The van der Waals surface area contributed by atoms with Gasteiger partial charge < -0.3 is 14.6 Å². The van der Waals surface area contributed by atoms with Crippen molar-refractivity contribution in [2.24, 2.45) is 7.05 Å². The summed E-state index contributed by atoms with van der Waals surface area (Å²) >= 11 is 0. The van der Waals surface area contributed by atoms with Crippen molar-refractivity contribution in [1.82, 2.24) is 14.9 Å². The van der Waals surface area contributed by atoms with Crippen LogP contribution in [0.25, 0.3) is 11.3 Å². The lowest BCUT2D eigenvalue weighted by molar-refractivity contribution is 0.412. The summed E-state index contributed by atoms with van der Waals surface area (Å²) < 4.78 is 7.33. The minimum absolute atomic E-state index is 0.802. The monoisotopic (exact) mass is 245 g/mol. The molecule has 0 spiro atoms. The average Bonchev–Trinajstić information content (AvgIpc) is 2.72. The maximum Gasteiger partial charge on any atom is 0.121 e. The number of aryl methyl sites for hydroxylation is 2. The lowest BCUT2D eigenvalue weighted by Gasteiger charge is -2.08. The van der Waals surface area contributed by atoms with E-state index in [0.717, 1.165) is 29.1 Å². The van der Waals surface area contributed by atoms with Gasteiger partial charge in [-0.05, 0) is 37.7 Å². The average molecular weight is 245 g/mol. The zero-order valence-electron chi connectivity index (χ0n) is 11.3. The molecule has 0 unspecified atom stereocenters. The van der Waals surface area contributed by atoms with Crippen LogP contribution in [-0.2, 0) is 13.6 Å². The van der Waals surface area contributed by atoms with E-state index in [4.69, 9.17) is 4.74 Å². The van der Waals surface area contributed by atoms with E-state index in [2.05, 4.69) is 16.4 Å². The molecular weight excluding hydrogens is 226 g/mol. The number of benzene rings is 1. The van der Waals surface area contributed by atoms with Crippen molar-refractivity contribution in [2.75, 3.05) is 14.2 Å². The molecule has 2 aromatic rings. The van der Waals surface area contributed by atoms with Crippen molar-refractivity contribution in [3.05, 3.63) is 35.8 Å². The van der Waals surface area contributed by atoms with Crippen LogP contribution >= 0.6 is 0 Å². The summed E-state index contributed by atoms with van der Waals surface area (Å²) in [6.45, 7) is 2.85. The molecule has 2 rings (SSSR count). The van der Waals surface area contributed by atoms with Crippen molar-refractivity contribution < 1.29 is 4.74 Å². The lowest BCUT2D eigenvalue weighted by atomic mass is 10.1.